The first-order valence-electron chi connectivity index (χ1n) is 6.93. The third kappa shape index (κ3) is 2.21. The van der Waals surface area contributed by atoms with Crippen molar-refractivity contribution in [2.75, 3.05) is 26.3 Å². The molecular formula is C14H16N4O4. The lowest BCUT2D eigenvalue weighted by Gasteiger charge is -2.26. The van der Waals surface area contributed by atoms with E-state index in [2.05, 4.69) is 4.98 Å². The van der Waals surface area contributed by atoms with Gasteiger partial charge in [-0.05, 0) is 6.07 Å². The third-order valence-corrected chi connectivity index (χ3v) is 3.84. The van der Waals surface area contributed by atoms with Crippen molar-refractivity contribution in [3.8, 4) is 0 Å². The summed E-state index contributed by atoms with van der Waals surface area (Å²) >= 11 is 0. The summed E-state index contributed by atoms with van der Waals surface area (Å²) in [6.45, 7) is 2.04. The molecular weight excluding hydrogens is 288 g/mol. The molecule has 2 aromatic heterocycles. The Labute approximate surface area is 125 Å². The number of aromatic nitrogens is 3. The molecule has 0 bridgehead atoms. The van der Waals surface area contributed by atoms with Crippen LogP contribution in [0.5, 0.6) is 0 Å². The van der Waals surface area contributed by atoms with Crippen molar-refractivity contribution in [3.63, 3.8) is 0 Å². The SMILES string of the molecule is Cn1c(=O)c2cc(C(=O)N3CCOCC3)cnc2n(C)c1=O. The maximum atomic E-state index is 12.4. The van der Waals surface area contributed by atoms with Crippen LogP contribution in [-0.4, -0.2) is 51.2 Å². The maximum absolute atomic E-state index is 12.4. The number of hydrogen-bond acceptors (Lipinski definition) is 5. The van der Waals surface area contributed by atoms with Crippen LogP contribution in [0.25, 0.3) is 11.0 Å². The second kappa shape index (κ2) is 5.38. The second-order valence-corrected chi connectivity index (χ2v) is 5.21. The van der Waals surface area contributed by atoms with E-state index in [-0.39, 0.29) is 16.9 Å². The number of pyridine rings is 1. The van der Waals surface area contributed by atoms with E-state index in [0.29, 0.717) is 31.9 Å². The van der Waals surface area contributed by atoms with Gasteiger partial charge in [0, 0.05) is 33.4 Å². The first kappa shape index (κ1) is 14.5. The summed E-state index contributed by atoms with van der Waals surface area (Å²) in [5.41, 5.74) is -0.295. The minimum Gasteiger partial charge on any atom is -0.378 e. The van der Waals surface area contributed by atoms with E-state index in [1.807, 2.05) is 0 Å². The highest BCUT2D eigenvalue weighted by molar-refractivity contribution is 5.96. The third-order valence-electron chi connectivity index (χ3n) is 3.84. The molecule has 0 atom stereocenters. The number of amides is 1. The zero-order valence-corrected chi connectivity index (χ0v) is 12.4. The smallest absolute Gasteiger partial charge is 0.332 e. The summed E-state index contributed by atoms with van der Waals surface area (Å²) in [6.07, 6.45) is 1.40. The van der Waals surface area contributed by atoms with Gasteiger partial charge in [-0.1, -0.05) is 0 Å². The van der Waals surface area contributed by atoms with Crippen LogP contribution in [0.1, 0.15) is 10.4 Å². The lowest BCUT2D eigenvalue weighted by atomic mass is 10.2. The highest BCUT2D eigenvalue weighted by atomic mass is 16.5. The fourth-order valence-electron chi connectivity index (χ4n) is 2.53. The molecule has 1 fully saturated rings. The Balaban J connectivity index is 2.12. The summed E-state index contributed by atoms with van der Waals surface area (Å²) in [5.74, 6) is -0.186. The van der Waals surface area contributed by atoms with Gasteiger partial charge in [0.15, 0.2) is 0 Å². The lowest BCUT2D eigenvalue weighted by molar-refractivity contribution is 0.0302. The van der Waals surface area contributed by atoms with Crippen LogP contribution >= 0.6 is 0 Å². The number of carbonyl (C=O) groups excluding carboxylic acids is 1. The van der Waals surface area contributed by atoms with Gasteiger partial charge in [0.05, 0.1) is 24.2 Å². The number of aryl methyl sites for hydroxylation is 1. The number of morpholine rings is 1. The van der Waals surface area contributed by atoms with E-state index in [1.165, 1.54) is 23.9 Å². The summed E-state index contributed by atoms with van der Waals surface area (Å²) in [7, 11) is 2.95. The average molecular weight is 304 g/mol. The molecule has 0 saturated carbocycles. The first-order valence-corrected chi connectivity index (χ1v) is 6.93. The van der Waals surface area contributed by atoms with Crippen LogP contribution in [0.4, 0.5) is 0 Å². The van der Waals surface area contributed by atoms with Gasteiger partial charge in [-0.2, -0.15) is 0 Å². The van der Waals surface area contributed by atoms with E-state index >= 15 is 0 Å². The fraction of sp³-hybridized carbons (Fsp3) is 0.429. The molecule has 8 nitrogen and oxygen atoms in total. The fourth-order valence-corrected chi connectivity index (χ4v) is 2.53. The molecule has 1 amide bonds. The molecule has 0 unspecified atom stereocenters. The van der Waals surface area contributed by atoms with Crippen molar-refractivity contribution in [1.29, 1.82) is 0 Å². The van der Waals surface area contributed by atoms with Gasteiger partial charge < -0.3 is 9.64 Å². The number of fused-ring (bicyclic) bond motifs is 1. The van der Waals surface area contributed by atoms with Gasteiger partial charge in [-0.3, -0.25) is 18.7 Å². The molecule has 8 heteroatoms. The van der Waals surface area contributed by atoms with Crippen molar-refractivity contribution < 1.29 is 9.53 Å². The van der Waals surface area contributed by atoms with Crippen molar-refractivity contribution in [2.45, 2.75) is 0 Å². The van der Waals surface area contributed by atoms with E-state index in [0.717, 1.165) is 4.57 Å². The molecule has 1 saturated heterocycles. The molecule has 1 aliphatic heterocycles. The van der Waals surface area contributed by atoms with Crippen LogP contribution in [0.3, 0.4) is 0 Å². The zero-order chi connectivity index (χ0) is 15.9. The number of nitrogens with zero attached hydrogens (tertiary/aromatic N) is 4. The van der Waals surface area contributed by atoms with Crippen molar-refractivity contribution >= 4 is 16.9 Å². The highest BCUT2D eigenvalue weighted by Crippen LogP contribution is 2.11. The molecule has 0 aromatic carbocycles. The van der Waals surface area contributed by atoms with E-state index < -0.39 is 11.2 Å². The number of hydrogen-bond donors (Lipinski definition) is 0. The van der Waals surface area contributed by atoms with Gasteiger partial charge in [-0.25, -0.2) is 9.78 Å². The number of ether oxygens (including phenoxy) is 1. The Morgan fingerprint density at radius 3 is 2.55 bits per heavy atom. The minimum atomic E-state index is -0.456. The zero-order valence-electron chi connectivity index (χ0n) is 12.4. The molecule has 116 valence electrons. The van der Waals surface area contributed by atoms with Crippen LogP contribution in [0.2, 0.25) is 0 Å². The molecule has 0 N–H and O–H groups in total. The van der Waals surface area contributed by atoms with Gasteiger partial charge >= 0.3 is 5.69 Å². The van der Waals surface area contributed by atoms with E-state index in [9.17, 15) is 14.4 Å². The first-order chi connectivity index (χ1) is 10.5. The Morgan fingerprint density at radius 2 is 1.86 bits per heavy atom. The van der Waals surface area contributed by atoms with Crippen LogP contribution in [0.15, 0.2) is 21.9 Å². The molecule has 1 aliphatic rings. The van der Waals surface area contributed by atoms with Crippen LogP contribution in [0, 0.1) is 0 Å². The number of rotatable bonds is 1. The Hall–Kier alpha value is -2.48. The van der Waals surface area contributed by atoms with Crippen molar-refractivity contribution in [2.24, 2.45) is 14.1 Å². The lowest BCUT2D eigenvalue weighted by Crippen LogP contribution is -2.41. The normalized spacial score (nSPS) is 15.3. The number of carbonyl (C=O) groups is 1. The highest BCUT2D eigenvalue weighted by Gasteiger charge is 2.20. The summed E-state index contributed by atoms with van der Waals surface area (Å²) in [5, 5.41) is 0.253. The maximum Gasteiger partial charge on any atom is 0.332 e. The summed E-state index contributed by atoms with van der Waals surface area (Å²) in [6, 6.07) is 1.50. The van der Waals surface area contributed by atoms with Gasteiger partial charge in [0.2, 0.25) is 0 Å². The Kier molecular flexibility index (Phi) is 3.53. The molecule has 0 radical (unpaired) electrons. The van der Waals surface area contributed by atoms with Gasteiger partial charge in [0.1, 0.15) is 5.65 Å². The average Bonchev–Trinajstić information content (AvgIpc) is 2.57. The minimum absolute atomic E-state index is 0.186. The molecule has 0 spiro atoms. The molecule has 2 aromatic rings. The van der Waals surface area contributed by atoms with Crippen molar-refractivity contribution in [3.05, 3.63) is 38.7 Å². The van der Waals surface area contributed by atoms with E-state index in [4.69, 9.17) is 4.74 Å². The molecule has 22 heavy (non-hydrogen) atoms. The predicted octanol–water partition coefficient (Wildman–Crippen LogP) is -0.895. The van der Waals surface area contributed by atoms with Gasteiger partial charge in [0.25, 0.3) is 11.5 Å². The topological polar surface area (TPSA) is 86.4 Å². The predicted molar refractivity (Wildman–Crippen MR) is 78.9 cm³/mol. The van der Waals surface area contributed by atoms with Crippen LogP contribution in [-0.2, 0) is 18.8 Å². The standard InChI is InChI=1S/C14H16N4O4/c1-16-11-10(13(20)17(2)14(16)21)7-9(8-15-11)12(19)18-3-5-22-6-4-18/h7-8H,3-6H2,1-2H3. The van der Waals surface area contributed by atoms with Crippen molar-refractivity contribution in [1.82, 2.24) is 19.0 Å². The van der Waals surface area contributed by atoms with E-state index in [1.54, 1.807) is 11.9 Å². The largest absolute Gasteiger partial charge is 0.378 e. The summed E-state index contributed by atoms with van der Waals surface area (Å²) in [4.78, 5) is 42.3. The Bertz CT molecular complexity index is 861. The van der Waals surface area contributed by atoms with Gasteiger partial charge in [-0.15, -0.1) is 0 Å². The molecule has 3 rings (SSSR count). The monoisotopic (exact) mass is 304 g/mol. The quantitative estimate of drug-likeness (QED) is 0.682. The molecule has 3 heterocycles. The second-order valence-electron chi connectivity index (χ2n) is 5.21. The van der Waals surface area contributed by atoms with Crippen LogP contribution < -0.4 is 11.2 Å². The summed E-state index contributed by atoms with van der Waals surface area (Å²) < 4.78 is 7.52. The molecule has 0 aliphatic carbocycles. The Morgan fingerprint density at radius 1 is 1.18 bits per heavy atom.